The Kier molecular flexibility index (Phi) is 7.09. The van der Waals surface area contributed by atoms with Crippen molar-refractivity contribution >= 4 is 17.6 Å². The molecule has 1 aliphatic heterocycles. The van der Waals surface area contributed by atoms with E-state index < -0.39 is 17.4 Å². The van der Waals surface area contributed by atoms with E-state index in [2.05, 4.69) is 5.32 Å². The lowest BCUT2D eigenvalue weighted by Crippen LogP contribution is -2.38. The molecule has 2 rings (SSSR count). The first kappa shape index (κ1) is 21.0. The highest BCUT2D eigenvalue weighted by Gasteiger charge is 2.26. The van der Waals surface area contributed by atoms with Crippen molar-refractivity contribution < 1.29 is 13.9 Å². The van der Waals surface area contributed by atoms with E-state index >= 15 is 0 Å². The Bertz CT molecular complexity index is 759. The van der Waals surface area contributed by atoms with Gasteiger partial charge in [-0.15, -0.1) is 0 Å². The number of piperidine rings is 1. The number of likely N-dealkylation sites (tertiary alicyclic amines) is 1. The Labute approximate surface area is 164 Å². The second-order valence-corrected chi connectivity index (χ2v) is 7.88. The maximum Gasteiger partial charge on any atom is 0.353 e. The van der Waals surface area contributed by atoms with Crippen molar-refractivity contribution in [3.05, 3.63) is 46.0 Å². The predicted molar refractivity (Wildman–Crippen MR) is 102 cm³/mol. The molecule has 1 N–H and O–H groups in total. The lowest BCUT2D eigenvalue weighted by atomic mass is 10.1. The first-order valence-corrected chi connectivity index (χ1v) is 9.39. The lowest BCUT2D eigenvalue weighted by Gasteiger charge is -2.32. The molecule has 27 heavy (non-hydrogen) atoms. The van der Waals surface area contributed by atoms with Crippen LogP contribution in [0.25, 0.3) is 0 Å². The van der Waals surface area contributed by atoms with Gasteiger partial charge in [-0.3, -0.25) is 0 Å². The van der Waals surface area contributed by atoms with Crippen LogP contribution in [0.1, 0.15) is 45.6 Å². The van der Waals surface area contributed by atoms with E-state index in [1.165, 1.54) is 18.2 Å². The fourth-order valence-electron chi connectivity index (χ4n) is 2.86. The van der Waals surface area contributed by atoms with Crippen LogP contribution in [0.2, 0.25) is 5.02 Å². The summed E-state index contributed by atoms with van der Waals surface area (Å²) in [6, 6.07) is 6.08. The van der Waals surface area contributed by atoms with Crippen molar-refractivity contribution in [1.29, 1.82) is 5.26 Å². The highest BCUT2D eigenvalue weighted by atomic mass is 35.5. The molecule has 0 amide bonds. The van der Waals surface area contributed by atoms with Gasteiger partial charge in [-0.1, -0.05) is 11.6 Å². The molecule has 1 aromatic rings. The average molecular weight is 394 g/mol. The van der Waals surface area contributed by atoms with Gasteiger partial charge in [0.2, 0.25) is 0 Å². The third-order valence-electron chi connectivity index (χ3n) is 4.08. The summed E-state index contributed by atoms with van der Waals surface area (Å²) in [5, 5.41) is 13.2. The Morgan fingerprint density at radius 2 is 2.00 bits per heavy atom. The van der Waals surface area contributed by atoms with Gasteiger partial charge in [-0.25, -0.2) is 9.18 Å². The molecule has 1 saturated heterocycles. The lowest BCUT2D eigenvalue weighted by molar-refractivity contribution is -0.149. The van der Waals surface area contributed by atoms with Gasteiger partial charge < -0.3 is 15.0 Å². The number of hydrogen-bond donors (Lipinski definition) is 1. The van der Waals surface area contributed by atoms with Crippen LogP contribution in [-0.4, -0.2) is 29.6 Å². The predicted octanol–water partition coefficient (Wildman–Crippen LogP) is 4.13. The van der Waals surface area contributed by atoms with E-state index in [4.69, 9.17) is 16.3 Å². The van der Waals surface area contributed by atoms with Crippen molar-refractivity contribution in [3.63, 3.8) is 0 Å². The Morgan fingerprint density at radius 3 is 2.59 bits per heavy atom. The van der Waals surface area contributed by atoms with Crippen LogP contribution in [0, 0.1) is 17.1 Å². The minimum atomic E-state index is -0.710. The third-order valence-corrected chi connectivity index (χ3v) is 4.45. The van der Waals surface area contributed by atoms with E-state index in [9.17, 15) is 14.4 Å². The number of carbonyl (C=O) groups is 1. The zero-order chi connectivity index (χ0) is 20.0. The van der Waals surface area contributed by atoms with Crippen LogP contribution in [0.15, 0.2) is 29.6 Å². The maximum atomic E-state index is 13.5. The van der Waals surface area contributed by atoms with Gasteiger partial charge in [0.25, 0.3) is 0 Å². The quantitative estimate of drug-likeness (QED) is 0.463. The van der Waals surface area contributed by atoms with Gasteiger partial charge in [-0.05, 0) is 63.8 Å². The monoisotopic (exact) mass is 393 g/mol. The van der Waals surface area contributed by atoms with Crippen molar-refractivity contribution in [2.24, 2.45) is 0 Å². The molecule has 1 aliphatic rings. The number of esters is 1. The van der Waals surface area contributed by atoms with E-state index in [0.717, 1.165) is 32.4 Å². The summed E-state index contributed by atoms with van der Waals surface area (Å²) >= 11 is 6.14. The second kappa shape index (κ2) is 9.09. The number of hydrogen-bond acceptors (Lipinski definition) is 5. The zero-order valence-electron chi connectivity index (χ0n) is 15.9. The van der Waals surface area contributed by atoms with Crippen molar-refractivity contribution in [1.82, 2.24) is 10.2 Å². The SMILES string of the molecule is CC(C)(C)OC(=O)/C(C#N)=C(/NCc1cc(F)ccc1Cl)N1CCCCC1. The molecule has 0 atom stereocenters. The van der Waals surface area contributed by atoms with Crippen LogP contribution >= 0.6 is 11.6 Å². The van der Waals surface area contributed by atoms with Crippen LogP contribution in [0.4, 0.5) is 4.39 Å². The molecule has 0 saturated carbocycles. The minimum Gasteiger partial charge on any atom is -0.456 e. The fourth-order valence-corrected chi connectivity index (χ4v) is 3.04. The highest BCUT2D eigenvalue weighted by molar-refractivity contribution is 6.31. The number of benzene rings is 1. The summed E-state index contributed by atoms with van der Waals surface area (Å²) in [7, 11) is 0. The number of ether oxygens (including phenoxy) is 1. The molecule has 0 radical (unpaired) electrons. The molecule has 0 unspecified atom stereocenters. The van der Waals surface area contributed by atoms with Gasteiger partial charge in [0.15, 0.2) is 5.57 Å². The van der Waals surface area contributed by atoms with E-state index in [1.807, 2.05) is 11.0 Å². The number of carbonyl (C=O) groups excluding carboxylic acids is 1. The molecule has 7 heteroatoms. The molecule has 146 valence electrons. The minimum absolute atomic E-state index is 0.0839. The topological polar surface area (TPSA) is 65.4 Å². The summed E-state index contributed by atoms with van der Waals surface area (Å²) in [4.78, 5) is 14.5. The largest absolute Gasteiger partial charge is 0.456 e. The van der Waals surface area contributed by atoms with Gasteiger partial charge >= 0.3 is 5.97 Å². The van der Waals surface area contributed by atoms with Crippen molar-refractivity contribution in [2.45, 2.75) is 52.2 Å². The molecule has 1 fully saturated rings. The van der Waals surface area contributed by atoms with E-state index in [0.29, 0.717) is 16.4 Å². The molecule has 0 spiro atoms. The maximum absolute atomic E-state index is 13.5. The van der Waals surface area contributed by atoms with E-state index in [1.54, 1.807) is 20.8 Å². The number of nitrogens with one attached hydrogen (secondary N) is 1. The average Bonchev–Trinajstić information content (AvgIpc) is 2.60. The Hall–Kier alpha value is -2.26. The molecule has 0 aliphatic carbocycles. The van der Waals surface area contributed by atoms with Crippen LogP contribution in [0.3, 0.4) is 0 Å². The summed E-state index contributed by atoms with van der Waals surface area (Å²) < 4.78 is 18.9. The third kappa shape index (κ3) is 6.14. The fraction of sp³-hybridized carbons (Fsp3) is 0.500. The molecule has 0 bridgehead atoms. The first-order valence-electron chi connectivity index (χ1n) is 9.02. The summed E-state index contributed by atoms with van der Waals surface area (Å²) in [5.74, 6) is -0.664. The first-order chi connectivity index (χ1) is 12.7. The molecular formula is C20H25ClFN3O2. The van der Waals surface area contributed by atoms with E-state index in [-0.39, 0.29) is 12.1 Å². The Balaban J connectivity index is 2.33. The zero-order valence-corrected chi connectivity index (χ0v) is 16.7. The molecule has 0 aromatic heterocycles. The molecule has 5 nitrogen and oxygen atoms in total. The highest BCUT2D eigenvalue weighted by Crippen LogP contribution is 2.21. The smallest absolute Gasteiger partial charge is 0.353 e. The van der Waals surface area contributed by atoms with Gasteiger partial charge in [0, 0.05) is 24.7 Å². The molecule has 1 aromatic carbocycles. The number of halogens is 2. The standard InChI is InChI=1S/C20H25ClFN3O2/c1-20(2,3)27-19(26)16(12-23)18(25-9-5-4-6-10-25)24-13-14-11-15(22)7-8-17(14)21/h7-8,11,24H,4-6,9-10,13H2,1-3H3/b18-16-. The number of nitriles is 1. The Morgan fingerprint density at radius 1 is 1.33 bits per heavy atom. The van der Waals surface area contributed by atoms with Crippen molar-refractivity contribution in [3.8, 4) is 6.07 Å². The van der Waals surface area contributed by atoms with Gasteiger partial charge in [0.05, 0.1) is 0 Å². The van der Waals surface area contributed by atoms with Crippen molar-refractivity contribution in [2.75, 3.05) is 13.1 Å². The molecule has 1 heterocycles. The molecular weight excluding hydrogens is 369 g/mol. The summed E-state index contributed by atoms with van der Waals surface area (Å²) in [6.07, 6.45) is 3.05. The summed E-state index contributed by atoms with van der Waals surface area (Å²) in [6.45, 7) is 6.90. The van der Waals surface area contributed by atoms with Gasteiger partial charge in [0.1, 0.15) is 23.3 Å². The van der Waals surface area contributed by atoms with Crippen LogP contribution in [0.5, 0.6) is 0 Å². The summed E-state index contributed by atoms with van der Waals surface area (Å²) in [5.41, 5.74) is -0.245. The number of nitrogens with zero attached hydrogens (tertiary/aromatic N) is 2. The van der Waals surface area contributed by atoms with Crippen LogP contribution < -0.4 is 5.32 Å². The van der Waals surface area contributed by atoms with Gasteiger partial charge in [-0.2, -0.15) is 5.26 Å². The van der Waals surface area contributed by atoms with Crippen LogP contribution in [-0.2, 0) is 16.1 Å². The second-order valence-electron chi connectivity index (χ2n) is 7.47. The normalized spacial score (nSPS) is 15.6. The number of rotatable bonds is 5.